The molecule has 0 fully saturated rings. The smallest absolute Gasteiger partial charge is 0.309 e. The van der Waals surface area contributed by atoms with E-state index in [0.717, 1.165) is 36.8 Å². The maximum absolute atomic E-state index is 11.7. The molecule has 1 aliphatic rings. The minimum absolute atomic E-state index is 0.119. The van der Waals surface area contributed by atoms with E-state index in [2.05, 4.69) is 23.2 Å². The Labute approximate surface area is 135 Å². The third kappa shape index (κ3) is 3.21. The van der Waals surface area contributed by atoms with Gasteiger partial charge in [0.25, 0.3) is 0 Å². The number of carbonyl (C=O) groups excluding carboxylic acids is 1. The third-order valence-corrected chi connectivity index (χ3v) is 4.28. The number of aromatic nitrogens is 3. The van der Waals surface area contributed by atoms with E-state index in [0.29, 0.717) is 13.0 Å². The lowest BCUT2D eigenvalue weighted by molar-refractivity contribution is -0.146. The highest BCUT2D eigenvalue weighted by Gasteiger charge is 2.28. The van der Waals surface area contributed by atoms with Crippen LogP contribution >= 0.6 is 0 Å². The van der Waals surface area contributed by atoms with Crippen LogP contribution < -0.4 is 4.74 Å². The van der Waals surface area contributed by atoms with Crippen LogP contribution in [0.25, 0.3) is 0 Å². The van der Waals surface area contributed by atoms with Crippen LogP contribution in [0.3, 0.4) is 0 Å². The van der Waals surface area contributed by atoms with Gasteiger partial charge in [0, 0.05) is 13.0 Å². The summed E-state index contributed by atoms with van der Waals surface area (Å²) in [6.07, 6.45) is 2.25. The average Bonchev–Trinajstić information content (AvgIpc) is 3.01. The molecule has 1 aliphatic heterocycles. The first kappa shape index (κ1) is 15.5. The number of carbonyl (C=O) groups is 1. The Morgan fingerprint density at radius 1 is 1.35 bits per heavy atom. The van der Waals surface area contributed by atoms with Crippen LogP contribution in [0.1, 0.15) is 30.6 Å². The molecule has 0 spiro atoms. The van der Waals surface area contributed by atoms with Crippen molar-refractivity contribution in [3.8, 4) is 5.75 Å². The molecule has 1 aromatic heterocycles. The number of fused-ring (bicyclic) bond motifs is 1. The average molecular weight is 315 g/mol. The fourth-order valence-corrected chi connectivity index (χ4v) is 2.94. The lowest BCUT2D eigenvalue weighted by atomic mass is 9.98. The van der Waals surface area contributed by atoms with Crippen LogP contribution in [-0.4, -0.2) is 27.8 Å². The fourth-order valence-electron chi connectivity index (χ4n) is 2.94. The number of methoxy groups -OCH3 is 1. The number of benzene rings is 1. The minimum Gasteiger partial charge on any atom is -0.485 e. The molecule has 0 bridgehead atoms. The largest absolute Gasteiger partial charge is 0.485 e. The van der Waals surface area contributed by atoms with Gasteiger partial charge in [0.1, 0.15) is 18.2 Å². The highest BCUT2D eigenvalue weighted by Crippen LogP contribution is 2.23. The molecule has 1 aromatic carbocycles. The second kappa shape index (κ2) is 6.81. The summed E-state index contributed by atoms with van der Waals surface area (Å²) in [4.78, 5) is 11.7. The summed E-state index contributed by atoms with van der Waals surface area (Å²) in [6, 6.07) is 8.02. The van der Waals surface area contributed by atoms with Crippen molar-refractivity contribution in [1.82, 2.24) is 14.8 Å². The van der Waals surface area contributed by atoms with Crippen LogP contribution in [0.5, 0.6) is 5.75 Å². The second-order valence-electron chi connectivity index (χ2n) is 5.65. The first-order chi connectivity index (χ1) is 11.2. The van der Waals surface area contributed by atoms with Crippen LogP contribution in [0.4, 0.5) is 0 Å². The van der Waals surface area contributed by atoms with Crippen LogP contribution in [0.2, 0.25) is 0 Å². The molecule has 6 nitrogen and oxygen atoms in total. The van der Waals surface area contributed by atoms with E-state index in [9.17, 15) is 4.79 Å². The topological polar surface area (TPSA) is 66.2 Å². The van der Waals surface area contributed by atoms with E-state index in [4.69, 9.17) is 9.47 Å². The Bertz CT molecular complexity index is 696. The maximum Gasteiger partial charge on any atom is 0.309 e. The Hall–Kier alpha value is -2.37. The molecule has 1 unspecified atom stereocenters. The van der Waals surface area contributed by atoms with Crippen molar-refractivity contribution in [2.75, 3.05) is 7.11 Å². The molecule has 3 rings (SSSR count). The molecule has 6 heteroatoms. The molecule has 0 N–H and O–H groups in total. The fraction of sp³-hybridized carbons (Fsp3) is 0.471. The predicted octanol–water partition coefficient (Wildman–Crippen LogP) is 2.15. The number of hydrogen-bond donors (Lipinski definition) is 0. The molecule has 2 aromatic rings. The SMILES string of the molecule is CCc1ccccc1OCc1nnc2n1CCC(C(=O)OC)C2. The van der Waals surface area contributed by atoms with E-state index >= 15 is 0 Å². The summed E-state index contributed by atoms with van der Waals surface area (Å²) in [6.45, 7) is 3.21. The lowest BCUT2D eigenvalue weighted by Gasteiger charge is -2.21. The van der Waals surface area contributed by atoms with Crippen LogP contribution in [-0.2, 0) is 35.5 Å². The molecular weight excluding hydrogens is 294 g/mol. The summed E-state index contributed by atoms with van der Waals surface area (Å²) in [7, 11) is 1.42. The van der Waals surface area contributed by atoms with Crippen molar-refractivity contribution >= 4 is 5.97 Å². The van der Waals surface area contributed by atoms with Crippen molar-refractivity contribution < 1.29 is 14.3 Å². The van der Waals surface area contributed by atoms with Crippen molar-refractivity contribution in [1.29, 1.82) is 0 Å². The monoisotopic (exact) mass is 315 g/mol. The Balaban J connectivity index is 1.69. The summed E-state index contributed by atoms with van der Waals surface area (Å²) in [5, 5.41) is 8.43. The lowest BCUT2D eigenvalue weighted by Crippen LogP contribution is -2.27. The number of esters is 1. The molecule has 0 aliphatic carbocycles. The maximum atomic E-state index is 11.7. The molecule has 1 atom stereocenters. The van der Waals surface area contributed by atoms with E-state index in [1.165, 1.54) is 12.7 Å². The van der Waals surface area contributed by atoms with Crippen molar-refractivity contribution in [2.45, 2.75) is 39.3 Å². The van der Waals surface area contributed by atoms with Crippen molar-refractivity contribution in [2.24, 2.45) is 5.92 Å². The zero-order chi connectivity index (χ0) is 16.2. The van der Waals surface area contributed by atoms with Gasteiger partial charge in [-0.05, 0) is 24.5 Å². The summed E-state index contributed by atoms with van der Waals surface area (Å²) >= 11 is 0. The molecule has 122 valence electrons. The molecular formula is C17H21N3O3. The third-order valence-electron chi connectivity index (χ3n) is 4.28. The summed E-state index contributed by atoms with van der Waals surface area (Å²) < 4.78 is 12.8. The zero-order valence-corrected chi connectivity index (χ0v) is 13.5. The number of ether oxygens (including phenoxy) is 2. The number of aryl methyl sites for hydroxylation is 1. The van der Waals surface area contributed by atoms with Gasteiger partial charge in [-0.2, -0.15) is 0 Å². The Kier molecular flexibility index (Phi) is 4.60. The zero-order valence-electron chi connectivity index (χ0n) is 13.5. The molecule has 0 saturated carbocycles. The quantitative estimate of drug-likeness (QED) is 0.791. The van der Waals surface area contributed by atoms with Crippen molar-refractivity contribution in [3.63, 3.8) is 0 Å². The van der Waals surface area contributed by atoms with E-state index < -0.39 is 0 Å². The van der Waals surface area contributed by atoms with Gasteiger partial charge < -0.3 is 14.0 Å². The Morgan fingerprint density at radius 3 is 2.96 bits per heavy atom. The number of nitrogens with zero attached hydrogens (tertiary/aromatic N) is 3. The second-order valence-corrected chi connectivity index (χ2v) is 5.65. The molecule has 2 heterocycles. The van der Waals surface area contributed by atoms with Crippen molar-refractivity contribution in [3.05, 3.63) is 41.5 Å². The van der Waals surface area contributed by atoms with E-state index in [-0.39, 0.29) is 11.9 Å². The van der Waals surface area contributed by atoms with Gasteiger partial charge in [-0.15, -0.1) is 10.2 Å². The molecule has 0 saturated heterocycles. The van der Waals surface area contributed by atoms with E-state index in [1.807, 2.05) is 22.8 Å². The molecule has 0 radical (unpaired) electrons. The van der Waals surface area contributed by atoms with Gasteiger partial charge in [-0.25, -0.2) is 0 Å². The van der Waals surface area contributed by atoms with Gasteiger partial charge in [0.05, 0.1) is 13.0 Å². The first-order valence-corrected chi connectivity index (χ1v) is 7.92. The molecule has 23 heavy (non-hydrogen) atoms. The number of rotatable bonds is 5. The molecule has 0 amide bonds. The summed E-state index contributed by atoms with van der Waals surface area (Å²) in [5.74, 6) is 2.22. The minimum atomic E-state index is -0.172. The highest BCUT2D eigenvalue weighted by molar-refractivity contribution is 5.72. The number of para-hydroxylation sites is 1. The standard InChI is InChI=1S/C17H21N3O3/c1-3-12-6-4-5-7-14(12)23-11-16-19-18-15-10-13(17(21)22-2)8-9-20(15)16/h4-7,13H,3,8-11H2,1-2H3. The van der Waals surface area contributed by atoms with Gasteiger partial charge >= 0.3 is 5.97 Å². The summed E-state index contributed by atoms with van der Waals surface area (Å²) in [5.41, 5.74) is 1.18. The highest BCUT2D eigenvalue weighted by atomic mass is 16.5. The number of hydrogen-bond acceptors (Lipinski definition) is 5. The van der Waals surface area contributed by atoms with Gasteiger partial charge in [0.2, 0.25) is 0 Å². The van der Waals surface area contributed by atoms with E-state index in [1.54, 1.807) is 0 Å². The normalized spacial score (nSPS) is 16.7. The van der Waals surface area contributed by atoms with Gasteiger partial charge in [0.15, 0.2) is 5.82 Å². The first-order valence-electron chi connectivity index (χ1n) is 7.92. The van der Waals surface area contributed by atoms with Crippen LogP contribution in [0, 0.1) is 5.92 Å². The van der Waals surface area contributed by atoms with Gasteiger partial charge in [-0.3, -0.25) is 4.79 Å². The predicted molar refractivity (Wildman–Crippen MR) is 84.0 cm³/mol. The van der Waals surface area contributed by atoms with Gasteiger partial charge in [-0.1, -0.05) is 25.1 Å². The van der Waals surface area contributed by atoms with Crippen LogP contribution in [0.15, 0.2) is 24.3 Å². The Morgan fingerprint density at radius 2 is 2.17 bits per heavy atom.